The molecule has 1 atom stereocenters. The predicted molar refractivity (Wildman–Crippen MR) is 90.6 cm³/mol. The van der Waals surface area contributed by atoms with Crippen LogP contribution in [0.4, 0.5) is 0 Å². The SMILES string of the molecule is O=C(NCC1COc2ccccc2C1)c1cccc(I)c1. The van der Waals surface area contributed by atoms with Crippen molar-refractivity contribution in [3.05, 3.63) is 63.2 Å². The molecule has 0 aliphatic carbocycles. The second-order valence-corrected chi connectivity index (χ2v) is 6.45. The molecule has 0 fully saturated rings. The highest BCUT2D eigenvalue weighted by Gasteiger charge is 2.20. The first-order chi connectivity index (χ1) is 10.2. The van der Waals surface area contributed by atoms with E-state index in [0.29, 0.717) is 24.6 Å². The van der Waals surface area contributed by atoms with Gasteiger partial charge in [0.05, 0.1) is 6.61 Å². The molecule has 0 aromatic heterocycles. The number of amides is 1. The highest BCUT2D eigenvalue weighted by molar-refractivity contribution is 14.1. The summed E-state index contributed by atoms with van der Waals surface area (Å²) >= 11 is 2.21. The largest absolute Gasteiger partial charge is 0.493 e. The third-order valence-electron chi connectivity index (χ3n) is 3.59. The molecule has 0 saturated carbocycles. The number of hydrogen-bond acceptors (Lipinski definition) is 2. The van der Waals surface area contributed by atoms with E-state index < -0.39 is 0 Å². The Hall–Kier alpha value is -1.56. The van der Waals surface area contributed by atoms with E-state index in [1.807, 2.05) is 42.5 Å². The van der Waals surface area contributed by atoms with Gasteiger partial charge in [0.15, 0.2) is 0 Å². The second kappa shape index (κ2) is 6.47. The minimum absolute atomic E-state index is 0.0209. The van der Waals surface area contributed by atoms with Crippen LogP contribution < -0.4 is 10.1 Å². The molecule has 1 aliphatic rings. The maximum absolute atomic E-state index is 12.1. The van der Waals surface area contributed by atoms with Crippen LogP contribution in [0.1, 0.15) is 15.9 Å². The Kier molecular flexibility index (Phi) is 4.43. The summed E-state index contributed by atoms with van der Waals surface area (Å²) < 4.78 is 6.81. The maximum Gasteiger partial charge on any atom is 0.251 e. The Balaban J connectivity index is 1.58. The van der Waals surface area contributed by atoms with E-state index in [1.54, 1.807) is 0 Å². The van der Waals surface area contributed by atoms with E-state index in [0.717, 1.165) is 15.7 Å². The molecule has 3 nitrogen and oxygen atoms in total. The second-order valence-electron chi connectivity index (χ2n) is 5.21. The molecule has 2 aromatic rings. The third kappa shape index (κ3) is 3.56. The molecule has 1 aliphatic heterocycles. The van der Waals surface area contributed by atoms with E-state index in [4.69, 9.17) is 4.74 Å². The Morgan fingerprint density at radius 1 is 1.24 bits per heavy atom. The summed E-state index contributed by atoms with van der Waals surface area (Å²) in [6, 6.07) is 15.7. The molecule has 3 rings (SSSR count). The van der Waals surface area contributed by atoms with Gasteiger partial charge in [-0.3, -0.25) is 4.79 Å². The number of rotatable bonds is 3. The minimum Gasteiger partial charge on any atom is -0.493 e. The van der Waals surface area contributed by atoms with Crippen molar-refractivity contribution in [3.8, 4) is 5.75 Å². The molecule has 1 unspecified atom stereocenters. The van der Waals surface area contributed by atoms with Crippen LogP contribution in [0.3, 0.4) is 0 Å². The normalized spacial score (nSPS) is 16.7. The molecule has 2 aromatic carbocycles. The van der Waals surface area contributed by atoms with Crippen LogP contribution in [0.5, 0.6) is 5.75 Å². The zero-order valence-corrected chi connectivity index (χ0v) is 13.7. The molecule has 0 radical (unpaired) electrons. The summed E-state index contributed by atoms with van der Waals surface area (Å²) in [5.74, 6) is 1.27. The number of hydrogen-bond donors (Lipinski definition) is 1. The number of para-hydroxylation sites is 1. The van der Waals surface area contributed by atoms with Crippen molar-refractivity contribution in [2.24, 2.45) is 5.92 Å². The highest BCUT2D eigenvalue weighted by Crippen LogP contribution is 2.26. The van der Waals surface area contributed by atoms with E-state index in [1.165, 1.54) is 5.56 Å². The summed E-state index contributed by atoms with van der Waals surface area (Å²) in [5, 5.41) is 3.00. The lowest BCUT2D eigenvalue weighted by Gasteiger charge is -2.25. The van der Waals surface area contributed by atoms with Gasteiger partial charge in [-0.2, -0.15) is 0 Å². The molecule has 0 spiro atoms. The van der Waals surface area contributed by atoms with Crippen LogP contribution in [-0.2, 0) is 6.42 Å². The van der Waals surface area contributed by atoms with Crippen molar-refractivity contribution in [3.63, 3.8) is 0 Å². The minimum atomic E-state index is -0.0209. The van der Waals surface area contributed by atoms with Gasteiger partial charge in [0.1, 0.15) is 5.75 Å². The zero-order chi connectivity index (χ0) is 14.7. The zero-order valence-electron chi connectivity index (χ0n) is 11.5. The van der Waals surface area contributed by atoms with Crippen LogP contribution in [0.25, 0.3) is 0 Å². The fraction of sp³-hybridized carbons (Fsp3) is 0.235. The monoisotopic (exact) mass is 393 g/mol. The summed E-state index contributed by atoms with van der Waals surface area (Å²) in [6.45, 7) is 1.29. The van der Waals surface area contributed by atoms with Gasteiger partial charge in [-0.15, -0.1) is 0 Å². The Morgan fingerprint density at radius 2 is 2.10 bits per heavy atom. The maximum atomic E-state index is 12.1. The predicted octanol–water partition coefficient (Wildman–Crippen LogP) is 3.27. The fourth-order valence-electron chi connectivity index (χ4n) is 2.49. The van der Waals surface area contributed by atoms with Gasteiger partial charge in [-0.05, 0) is 58.8 Å². The average Bonchev–Trinajstić information content (AvgIpc) is 2.52. The van der Waals surface area contributed by atoms with Crippen molar-refractivity contribution in [2.45, 2.75) is 6.42 Å². The van der Waals surface area contributed by atoms with E-state index in [-0.39, 0.29) is 5.91 Å². The summed E-state index contributed by atoms with van der Waals surface area (Å²) in [7, 11) is 0. The number of carbonyl (C=O) groups is 1. The lowest BCUT2D eigenvalue weighted by Crippen LogP contribution is -2.34. The first kappa shape index (κ1) is 14.4. The first-order valence-corrected chi connectivity index (χ1v) is 8.05. The van der Waals surface area contributed by atoms with Gasteiger partial charge in [-0.1, -0.05) is 24.3 Å². The number of halogens is 1. The Labute approximate surface area is 137 Å². The Morgan fingerprint density at radius 3 is 2.95 bits per heavy atom. The van der Waals surface area contributed by atoms with Crippen molar-refractivity contribution >= 4 is 28.5 Å². The molecular weight excluding hydrogens is 377 g/mol. The number of carbonyl (C=O) groups excluding carboxylic acids is 1. The van der Waals surface area contributed by atoms with Crippen LogP contribution >= 0.6 is 22.6 Å². The van der Waals surface area contributed by atoms with Crippen molar-refractivity contribution in [1.82, 2.24) is 5.32 Å². The van der Waals surface area contributed by atoms with Gasteiger partial charge in [0.25, 0.3) is 5.91 Å². The van der Waals surface area contributed by atoms with Crippen molar-refractivity contribution in [1.29, 1.82) is 0 Å². The van der Waals surface area contributed by atoms with Crippen LogP contribution in [0, 0.1) is 9.49 Å². The van der Waals surface area contributed by atoms with Crippen LogP contribution in [0.2, 0.25) is 0 Å². The Bertz CT molecular complexity index is 657. The molecule has 0 saturated heterocycles. The molecule has 1 amide bonds. The van der Waals surface area contributed by atoms with Crippen LogP contribution in [-0.4, -0.2) is 19.1 Å². The van der Waals surface area contributed by atoms with E-state index >= 15 is 0 Å². The van der Waals surface area contributed by atoms with Gasteiger partial charge >= 0.3 is 0 Å². The molecule has 4 heteroatoms. The van der Waals surface area contributed by atoms with E-state index in [2.05, 4.69) is 34.0 Å². The van der Waals surface area contributed by atoms with Gasteiger partial charge in [-0.25, -0.2) is 0 Å². The molecule has 0 bridgehead atoms. The third-order valence-corrected chi connectivity index (χ3v) is 4.26. The summed E-state index contributed by atoms with van der Waals surface area (Å²) in [5.41, 5.74) is 1.93. The first-order valence-electron chi connectivity index (χ1n) is 6.97. The summed E-state index contributed by atoms with van der Waals surface area (Å²) in [6.07, 6.45) is 0.947. The molecule has 1 heterocycles. The van der Waals surface area contributed by atoms with Crippen molar-refractivity contribution in [2.75, 3.05) is 13.2 Å². The quantitative estimate of drug-likeness (QED) is 0.814. The molecule has 108 valence electrons. The van der Waals surface area contributed by atoms with Gasteiger partial charge in [0.2, 0.25) is 0 Å². The number of nitrogens with one attached hydrogen (secondary N) is 1. The van der Waals surface area contributed by atoms with Gasteiger partial charge in [0, 0.05) is 21.6 Å². The fourth-order valence-corrected chi connectivity index (χ4v) is 3.03. The number of benzene rings is 2. The standard InChI is InChI=1S/C17H16INO2/c18-15-6-3-5-14(9-15)17(20)19-10-12-8-13-4-1-2-7-16(13)21-11-12/h1-7,9,12H,8,10-11H2,(H,19,20). The average molecular weight is 393 g/mol. The topological polar surface area (TPSA) is 38.3 Å². The molecule has 1 N–H and O–H groups in total. The smallest absolute Gasteiger partial charge is 0.251 e. The molecule has 21 heavy (non-hydrogen) atoms. The van der Waals surface area contributed by atoms with E-state index in [9.17, 15) is 4.79 Å². The summed E-state index contributed by atoms with van der Waals surface area (Å²) in [4.78, 5) is 12.1. The lowest BCUT2D eigenvalue weighted by atomic mass is 9.96. The van der Waals surface area contributed by atoms with Crippen molar-refractivity contribution < 1.29 is 9.53 Å². The highest BCUT2D eigenvalue weighted by atomic mass is 127. The molecular formula is C17H16INO2. The van der Waals surface area contributed by atoms with Gasteiger partial charge < -0.3 is 10.1 Å². The van der Waals surface area contributed by atoms with Crippen LogP contribution in [0.15, 0.2) is 48.5 Å². The lowest BCUT2D eigenvalue weighted by molar-refractivity contribution is 0.0939. The number of fused-ring (bicyclic) bond motifs is 1. The number of ether oxygens (including phenoxy) is 1.